The zero-order chi connectivity index (χ0) is 18.0. The van der Waals surface area contributed by atoms with Gasteiger partial charge in [0.05, 0.1) is 5.92 Å². The largest absolute Gasteiger partial charge is 0.489 e. The van der Waals surface area contributed by atoms with E-state index in [4.69, 9.17) is 9.84 Å². The van der Waals surface area contributed by atoms with E-state index in [1.165, 1.54) is 17.0 Å². The molecule has 1 aliphatic heterocycles. The van der Waals surface area contributed by atoms with Crippen LogP contribution in [0, 0.1) is 18.7 Å². The second kappa shape index (κ2) is 6.93. The van der Waals surface area contributed by atoms with Gasteiger partial charge in [0.2, 0.25) is 5.91 Å². The summed E-state index contributed by atoms with van der Waals surface area (Å²) >= 11 is 0. The van der Waals surface area contributed by atoms with Gasteiger partial charge in [-0.2, -0.15) is 0 Å². The number of hydrogen-bond donors (Lipinski definition) is 1. The lowest BCUT2D eigenvalue weighted by Crippen LogP contribution is -2.25. The molecule has 1 N–H and O–H groups in total. The van der Waals surface area contributed by atoms with Crippen molar-refractivity contribution in [2.75, 3.05) is 11.4 Å². The Morgan fingerprint density at radius 3 is 2.60 bits per heavy atom. The summed E-state index contributed by atoms with van der Waals surface area (Å²) in [6.07, 6.45) is 0.0250. The zero-order valence-corrected chi connectivity index (χ0v) is 13.7. The van der Waals surface area contributed by atoms with Gasteiger partial charge >= 0.3 is 5.97 Å². The molecule has 2 aromatic rings. The quantitative estimate of drug-likeness (QED) is 0.906. The lowest BCUT2D eigenvalue weighted by molar-refractivity contribution is -0.141. The molecule has 1 unspecified atom stereocenters. The molecule has 1 heterocycles. The Balaban J connectivity index is 1.69. The van der Waals surface area contributed by atoms with Crippen molar-refractivity contribution < 1.29 is 23.8 Å². The number of amides is 1. The van der Waals surface area contributed by atoms with Crippen LogP contribution in [0.15, 0.2) is 42.5 Å². The van der Waals surface area contributed by atoms with Gasteiger partial charge in [0.1, 0.15) is 18.2 Å². The van der Waals surface area contributed by atoms with Gasteiger partial charge in [-0.05, 0) is 48.4 Å². The number of benzene rings is 2. The standard InChI is InChI=1S/C19H18FNO4/c1-12-8-16(21-10-14(19(23)24)9-18(21)22)6-7-17(12)25-11-13-2-4-15(20)5-3-13/h2-8,14H,9-11H2,1H3,(H,23,24). The molecule has 1 saturated heterocycles. The lowest BCUT2D eigenvalue weighted by Gasteiger charge is -2.18. The SMILES string of the molecule is Cc1cc(N2CC(C(=O)O)CC2=O)ccc1OCc1ccc(F)cc1. The van der Waals surface area contributed by atoms with Gasteiger partial charge in [0, 0.05) is 18.7 Å². The Morgan fingerprint density at radius 2 is 2.00 bits per heavy atom. The molecule has 0 spiro atoms. The van der Waals surface area contributed by atoms with E-state index in [-0.39, 0.29) is 24.7 Å². The number of nitrogens with zero attached hydrogens (tertiary/aromatic N) is 1. The van der Waals surface area contributed by atoms with Crippen molar-refractivity contribution in [1.29, 1.82) is 0 Å². The highest BCUT2D eigenvalue weighted by molar-refractivity contribution is 5.99. The third kappa shape index (κ3) is 3.79. The van der Waals surface area contributed by atoms with Crippen molar-refractivity contribution in [2.24, 2.45) is 5.92 Å². The van der Waals surface area contributed by atoms with Gasteiger partial charge in [0.15, 0.2) is 0 Å². The summed E-state index contributed by atoms with van der Waals surface area (Å²) in [7, 11) is 0. The fourth-order valence-corrected chi connectivity index (χ4v) is 2.83. The van der Waals surface area contributed by atoms with E-state index in [9.17, 15) is 14.0 Å². The number of rotatable bonds is 5. The summed E-state index contributed by atoms with van der Waals surface area (Å²) in [6.45, 7) is 2.35. The molecule has 2 aromatic carbocycles. The predicted octanol–water partition coefficient (Wildman–Crippen LogP) is 3.15. The fraction of sp³-hybridized carbons (Fsp3) is 0.263. The fourth-order valence-electron chi connectivity index (χ4n) is 2.83. The number of aryl methyl sites for hydroxylation is 1. The summed E-state index contributed by atoms with van der Waals surface area (Å²) in [5, 5.41) is 9.07. The number of carbonyl (C=O) groups excluding carboxylic acids is 1. The molecule has 1 atom stereocenters. The average Bonchev–Trinajstić information content (AvgIpc) is 2.97. The van der Waals surface area contributed by atoms with Crippen LogP contribution in [0.25, 0.3) is 0 Å². The van der Waals surface area contributed by atoms with Gasteiger partial charge in [-0.25, -0.2) is 4.39 Å². The Kier molecular flexibility index (Phi) is 4.70. The first-order chi connectivity index (χ1) is 11.9. The first-order valence-electron chi connectivity index (χ1n) is 7.95. The van der Waals surface area contributed by atoms with Crippen LogP contribution in [0.5, 0.6) is 5.75 Å². The van der Waals surface area contributed by atoms with Crippen molar-refractivity contribution in [3.8, 4) is 5.75 Å². The van der Waals surface area contributed by atoms with Gasteiger partial charge in [-0.3, -0.25) is 9.59 Å². The molecular formula is C19H18FNO4. The van der Waals surface area contributed by atoms with Crippen molar-refractivity contribution in [3.05, 3.63) is 59.4 Å². The number of ether oxygens (including phenoxy) is 1. The van der Waals surface area contributed by atoms with Crippen LogP contribution in [-0.4, -0.2) is 23.5 Å². The van der Waals surface area contributed by atoms with Crippen molar-refractivity contribution >= 4 is 17.6 Å². The molecule has 130 valence electrons. The predicted molar refractivity (Wildman–Crippen MR) is 90.0 cm³/mol. The van der Waals surface area contributed by atoms with E-state index in [1.807, 2.05) is 13.0 Å². The number of aliphatic carboxylic acids is 1. The maximum absolute atomic E-state index is 12.9. The third-order valence-corrected chi connectivity index (χ3v) is 4.25. The van der Waals surface area contributed by atoms with Crippen LogP contribution in [-0.2, 0) is 16.2 Å². The molecule has 0 saturated carbocycles. The maximum atomic E-state index is 12.9. The minimum Gasteiger partial charge on any atom is -0.489 e. The summed E-state index contributed by atoms with van der Waals surface area (Å²) in [5.74, 6) is -1.44. The molecule has 5 nitrogen and oxygen atoms in total. The minimum atomic E-state index is -0.952. The lowest BCUT2D eigenvalue weighted by atomic mass is 10.1. The summed E-state index contributed by atoms with van der Waals surface area (Å²) in [4.78, 5) is 24.6. The highest BCUT2D eigenvalue weighted by Gasteiger charge is 2.35. The molecule has 1 fully saturated rings. The second-order valence-corrected chi connectivity index (χ2v) is 6.11. The van der Waals surface area contributed by atoms with Gasteiger partial charge in [0.25, 0.3) is 0 Å². The molecule has 6 heteroatoms. The minimum absolute atomic E-state index is 0.0250. The third-order valence-electron chi connectivity index (χ3n) is 4.25. The van der Waals surface area contributed by atoms with Crippen LogP contribution in [0.1, 0.15) is 17.5 Å². The van der Waals surface area contributed by atoms with Crippen molar-refractivity contribution in [1.82, 2.24) is 0 Å². The van der Waals surface area contributed by atoms with E-state index < -0.39 is 11.9 Å². The normalized spacial score (nSPS) is 17.0. The summed E-state index contributed by atoms with van der Waals surface area (Å²) in [5.41, 5.74) is 2.36. The first-order valence-corrected chi connectivity index (χ1v) is 7.95. The molecule has 3 rings (SSSR count). The van der Waals surface area contributed by atoms with Crippen LogP contribution < -0.4 is 9.64 Å². The van der Waals surface area contributed by atoms with E-state index >= 15 is 0 Å². The van der Waals surface area contributed by atoms with Crippen LogP contribution in [0.3, 0.4) is 0 Å². The molecule has 0 bridgehead atoms. The molecule has 1 aliphatic rings. The van der Waals surface area contributed by atoms with E-state index in [2.05, 4.69) is 0 Å². The summed E-state index contributed by atoms with van der Waals surface area (Å²) < 4.78 is 18.7. The average molecular weight is 343 g/mol. The Bertz CT molecular complexity index is 804. The number of halogens is 1. The highest BCUT2D eigenvalue weighted by Crippen LogP contribution is 2.29. The van der Waals surface area contributed by atoms with E-state index in [1.54, 1.807) is 24.3 Å². The smallest absolute Gasteiger partial charge is 0.308 e. The summed E-state index contributed by atoms with van der Waals surface area (Å²) in [6, 6.07) is 11.4. The second-order valence-electron chi connectivity index (χ2n) is 6.11. The van der Waals surface area contributed by atoms with Gasteiger partial charge in [-0.1, -0.05) is 12.1 Å². The number of hydrogen-bond acceptors (Lipinski definition) is 3. The van der Waals surface area contributed by atoms with Crippen molar-refractivity contribution in [3.63, 3.8) is 0 Å². The number of carbonyl (C=O) groups is 2. The monoisotopic (exact) mass is 343 g/mol. The highest BCUT2D eigenvalue weighted by atomic mass is 19.1. The number of anilines is 1. The number of carboxylic acids is 1. The molecule has 0 aliphatic carbocycles. The maximum Gasteiger partial charge on any atom is 0.308 e. The number of carboxylic acid groups (broad SMARTS) is 1. The molecule has 0 radical (unpaired) electrons. The molecule has 1 amide bonds. The molecular weight excluding hydrogens is 325 g/mol. The van der Waals surface area contributed by atoms with Crippen LogP contribution in [0.2, 0.25) is 0 Å². The van der Waals surface area contributed by atoms with E-state index in [0.717, 1.165) is 11.1 Å². The molecule has 25 heavy (non-hydrogen) atoms. The molecule has 0 aromatic heterocycles. The zero-order valence-electron chi connectivity index (χ0n) is 13.7. The Morgan fingerprint density at radius 1 is 1.28 bits per heavy atom. The van der Waals surface area contributed by atoms with Gasteiger partial charge < -0.3 is 14.7 Å². The van der Waals surface area contributed by atoms with Crippen LogP contribution >= 0.6 is 0 Å². The van der Waals surface area contributed by atoms with Crippen molar-refractivity contribution in [2.45, 2.75) is 20.0 Å². The van der Waals surface area contributed by atoms with Gasteiger partial charge in [-0.15, -0.1) is 0 Å². The topological polar surface area (TPSA) is 66.8 Å². The Hall–Kier alpha value is -2.89. The van der Waals surface area contributed by atoms with Crippen LogP contribution in [0.4, 0.5) is 10.1 Å². The van der Waals surface area contributed by atoms with E-state index in [0.29, 0.717) is 18.0 Å². The first kappa shape index (κ1) is 17.0. The Labute approximate surface area is 144 Å².